The number of likely N-dealkylation sites (tertiary alicyclic amines) is 1. The van der Waals surface area contributed by atoms with Crippen molar-refractivity contribution in [3.63, 3.8) is 0 Å². The summed E-state index contributed by atoms with van der Waals surface area (Å²) in [6.45, 7) is 7.06. The van der Waals surface area contributed by atoms with Gasteiger partial charge in [0.1, 0.15) is 12.2 Å². The minimum Gasteiger partial charge on any atom is -0.460 e. The van der Waals surface area contributed by atoms with Gasteiger partial charge in [-0.1, -0.05) is 30.3 Å². The van der Waals surface area contributed by atoms with Crippen molar-refractivity contribution in [3.05, 3.63) is 35.9 Å². The first-order valence-corrected chi connectivity index (χ1v) is 8.03. The first-order valence-electron chi connectivity index (χ1n) is 8.03. The minimum absolute atomic E-state index is 0.0487. The molecule has 0 spiro atoms. The van der Waals surface area contributed by atoms with E-state index in [0.29, 0.717) is 13.1 Å². The highest BCUT2D eigenvalue weighted by Gasteiger charge is 2.61. The van der Waals surface area contributed by atoms with E-state index in [2.05, 4.69) is 0 Å². The fraction of sp³-hybridized carbons (Fsp3) is 0.556. The molecule has 5 heteroatoms. The van der Waals surface area contributed by atoms with E-state index in [9.17, 15) is 9.59 Å². The van der Waals surface area contributed by atoms with Gasteiger partial charge in [0.2, 0.25) is 0 Å². The monoisotopic (exact) mass is 317 g/mol. The Morgan fingerprint density at radius 3 is 2.30 bits per heavy atom. The summed E-state index contributed by atoms with van der Waals surface area (Å²) in [5.41, 5.74) is 0.513. The molecule has 0 N–H and O–H groups in total. The zero-order chi connectivity index (χ0) is 16.6. The average molecular weight is 317 g/mol. The minimum atomic E-state index is -0.456. The quantitative estimate of drug-likeness (QED) is 0.804. The molecule has 2 fully saturated rings. The number of fused-ring (bicyclic) bond motifs is 1. The van der Waals surface area contributed by atoms with Crippen LogP contribution in [-0.2, 0) is 20.9 Å². The van der Waals surface area contributed by atoms with Crippen LogP contribution in [-0.4, -0.2) is 35.7 Å². The first-order chi connectivity index (χ1) is 10.8. The lowest BCUT2D eigenvalue weighted by Crippen LogP contribution is -2.34. The number of carbonyl (C=O) groups is 2. The summed E-state index contributed by atoms with van der Waals surface area (Å²) in [5, 5.41) is 0. The van der Waals surface area contributed by atoms with Gasteiger partial charge in [-0.3, -0.25) is 4.79 Å². The van der Waals surface area contributed by atoms with Crippen LogP contribution in [0.5, 0.6) is 0 Å². The van der Waals surface area contributed by atoms with Gasteiger partial charge in [-0.15, -0.1) is 0 Å². The topological polar surface area (TPSA) is 55.8 Å². The molecule has 23 heavy (non-hydrogen) atoms. The third-order valence-electron chi connectivity index (χ3n) is 4.34. The third kappa shape index (κ3) is 3.66. The lowest BCUT2D eigenvalue weighted by atomic mass is 10.2. The van der Waals surface area contributed by atoms with Crippen LogP contribution in [0, 0.1) is 17.8 Å². The Morgan fingerprint density at radius 1 is 1.13 bits per heavy atom. The Bertz CT molecular complexity index is 581. The van der Waals surface area contributed by atoms with Crippen LogP contribution >= 0.6 is 0 Å². The highest BCUT2D eigenvalue weighted by molar-refractivity contribution is 5.78. The van der Waals surface area contributed by atoms with Crippen molar-refractivity contribution in [2.45, 2.75) is 33.0 Å². The van der Waals surface area contributed by atoms with Crippen molar-refractivity contribution in [2.75, 3.05) is 13.1 Å². The molecular formula is C18H23NO4. The van der Waals surface area contributed by atoms with Crippen molar-refractivity contribution >= 4 is 12.1 Å². The number of piperidine rings is 1. The Morgan fingerprint density at radius 2 is 1.74 bits per heavy atom. The number of nitrogens with zero attached hydrogens (tertiary/aromatic N) is 1. The molecule has 124 valence electrons. The molecule has 1 aliphatic carbocycles. The van der Waals surface area contributed by atoms with E-state index in [-0.39, 0.29) is 36.4 Å². The molecule has 0 radical (unpaired) electrons. The average Bonchev–Trinajstić information content (AvgIpc) is 2.99. The Kier molecular flexibility index (Phi) is 4.04. The summed E-state index contributed by atoms with van der Waals surface area (Å²) in [6, 6.07) is 9.61. The van der Waals surface area contributed by atoms with Crippen LogP contribution in [0.4, 0.5) is 4.79 Å². The van der Waals surface area contributed by atoms with Crippen molar-refractivity contribution in [1.29, 1.82) is 0 Å². The van der Waals surface area contributed by atoms with Gasteiger partial charge >= 0.3 is 12.1 Å². The van der Waals surface area contributed by atoms with E-state index in [1.165, 1.54) is 0 Å². The summed E-state index contributed by atoms with van der Waals surface area (Å²) in [4.78, 5) is 25.8. The summed E-state index contributed by atoms with van der Waals surface area (Å²) in [7, 11) is 0. The van der Waals surface area contributed by atoms with Crippen LogP contribution in [0.3, 0.4) is 0 Å². The number of benzene rings is 1. The van der Waals surface area contributed by atoms with Gasteiger partial charge in [0.15, 0.2) is 0 Å². The number of esters is 1. The first kappa shape index (κ1) is 15.8. The number of hydrogen-bond acceptors (Lipinski definition) is 4. The SMILES string of the molecule is CC(C)(C)OC(=O)C1C2CN(C(=O)OCc3ccccc3)CC21. The Labute approximate surface area is 136 Å². The molecule has 2 unspecified atom stereocenters. The van der Waals surface area contributed by atoms with Crippen LogP contribution in [0.15, 0.2) is 30.3 Å². The van der Waals surface area contributed by atoms with Gasteiger partial charge in [0.05, 0.1) is 5.92 Å². The maximum atomic E-state index is 12.1. The smallest absolute Gasteiger partial charge is 0.410 e. The third-order valence-corrected chi connectivity index (χ3v) is 4.34. The number of amides is 1. The van der Waals surface area contributed by atoms with Crippen molar-refractivity contribution < 1.29 is 19.1 Å². The summed E-state index contributed by atoms with van der Waals surface area (Å²) in [5.74, 6) is 0.278. The summed E-state index contributed by atoms with van der Waals surface area (Å²) >= 11 is 0. The van der Waals surface area contributed by atoms with Crippen LogP contribution in [0.2, 0.25) is 0 Å². The van der Waals surface area contributed by atoms with E-state index < -0.39 is 5.60 Å². The van der Waals surface area contributed by atoms with Gasteiger partial charge in [0, 0.05) is 13.1 Å². The van der Waals surface area contributed by atoms with Gasteiger partial charge in [-0.05, 0) is 38.2 Å². The molecule has 0 aromatic heterocycles. The second-order valence-corrected chi connectivity index (χ2v) is 7.33. The van der Waals surface area contributed by atoms with Crippen molar-refractivity contribution in [3.8, 4) is 0 Å². The number of carbonyl (C=O) groups excluding carboxylic acids is 2. The Hall–Kier alpha value is -2.04. The molecule has 1 amide bonds. The number of hydrogen-bond donors (Lipinski definition) is 0. The lowest BCUT2D eigenvalue weighted by Gasteiger charge is -2.22. The molecule has 2 atom stereocenters. The molecular weight excluding hydrogens is 294 g/mol. The molecule has 1 saturated heterocycles. The largest absolute Gasteiger partial charge is 0.460 e. The van der Waals surface area contributed by atoms with E-state index >= 15 is 0 Å². The standard InChI is InChI=1S/C18H23NO4/c1-18(2,3)23-16(20)15-13-9-19(10-14(13)15)17(21)22-11-12-7-5-4-6-8-12/h4-8,13-15H,9-11H2,1-3H3. The maximum Gasteiger partial charge on any atom is 0.410 e. The molecule has 1 saturated carbocycles. The highest BCUT2D eigenvalue weighted by Crippen LogP contribution is 2.52. The van der Waals surface area contributed by atoms with Crippen LogP contribution in [0.25, 0.3) is 0 Å². The molecule has 1 heterocycles. The van der Waals surface area contributed by atoms with E-state index in [1.807, 2.05) is 51.1 Å². The fourth-order valence-electron chi connectivity index (χ4n) is 3.21. The van der Waals surface area contributed by atoms with E-state index in [4.69, 9.17) is 9.47 Å². The highest BCUT2D eigenvalue weighted by atomic mass is 16.6. The van der Waals surface area contributed by atoms with Gasteiger partial charge in [-0.2, -0.15) is 0 Å². The van der Waals surface area contributed by atoms with E-state index in [0.717, 1.165) is 5.56 Å². The predicted octanol–water partition coefficient (Wildman–Crippen LogP) is 2.84. The second-order valence-electron chi connectivity index (χ2n) is 7.33. The molecule has 1 aliphatic heterocycles. The number of rotatable bonds is 3. The van der Waals surface area contributed by atoms with Crippen LogP contribution in [0.1, 0.15) is 26.3 Å². The molecule has 2 aliphatic rings. The number of ether oxygens (including phenoxy) is 2. The normalized spacial score (nSPS) is 25.7. The van der Waals surface area contributed by atoms with Crippen molar-refractivity contribution in [1.82, 2.24) is 4.90 Å². The predicted molar refractivity (Wildman–Crippen MR) is 84.5 cm³/mol. The van der Waals surface area contributed by atoms with Crippen molar-refractivity contribution in [2.24, 2.45) is 17.8 Å². The molecule has 0 bridgehead atoms. The zero-order valence-corrected chi connectivity index (χ0v) is 13.8. The lowest BCUT2D eigenvalue weighted by molar-refractivity contribution is -0.157. The molecule has 5 nitrogen and oxygen atoms in total. The van der Waals surface area contributed by atoms with Gasteiger partial charge in [0.25, 0.3) is 0 Å². The second kappa shape index (κ2) is 5.87. The van der Waals surface area contributed by atoms with Gasteiger partial charge in [-0.25, -0.2) is 4.79 Å². The van der Waals surface area contributed by atoms with Crippen LogP contribution < -0.4 is 0 Å². The molecule has 1 aromatic carbocycles. The maximum absolute atomic E-state index is 12.1. The van der Waals surface area contributed by atoms with E-state index in [1.54, 1.807) is 4.90 Å². The molecule has 3 rings (SSSR count). The fourth-order valence-corrected chi connectivity index (χ4v) is 3.21. The zero-order valence-electron chi connectivity index (χ0n) is 13.8. The summed E-state index contributed by atoms with van der Waals surface area (Å²) < 4.78 is 10.8. The van der Waals surface area contributed by atoms with Gasteiger partial charge < -0.3 is 14.4 Å². The Balaban J connectivity index is 1.44. The molecule has 1 aromatic rings. The summed E-state index contributed by atoms with van der Waals surface area (Å²) in [6.07, 6.45) is -0.302.